The number of aliphatic imine (C=N–C) groups is 1. The van der Waals surface area contributed by atoms with E-state index in [0.29, 0.717) is 31.3 Å². The molecule has 0 amide bonds. The highest BCUT2D eigenvalue weighted by Gasteiger charge is 2.35. The second kappa shape index (κ2) is 10.3. The molecule has 2 aromatic carbocycles. The topological polar surface area (TPSA) is 54.9 Å². The average molecular weight is 421 g/mol. The van der Waals surface area contributed by atoms with E-state index >= 15 is 0 Å². The monoisotopic (exact) mass is 421 g/mol. The number of para-hydroxylation sites is 1. The minimum absolute atomic E-state index is 0.121. The molecular weight excluding hydrogens is 395 g/mol. The van der Waals surface area contributed by atoms with Crippen molar-refractivity contribution >= 4 is 5.96 Å². The Hall–Kier alpha value is -2.74. The minimum atomic E-state index is -2.89. The van der Waals surface area contributed by atoms with Crippen LogP contribution in [0.25, 0.3) is 0 Å². The van der Waals surface area contributed by atoms with Crippen LogP contribution in [0.5, 0.6) is 5.75 Å². The van der Waals surface area contributed by atoms with Gasteiger partial charge in [0.1, 0.15) is 11.6 Å². The summed E-state index contributed by atoms with van der Waals surface area (Å²) >= 11 is 0. The first-order chi connectivity index (χ1) is 14.5. The highest BCUT2D eigenvalue weighted by molar-refractivity contribution is 5.79. The number of alkyl halides is 2. The van der Waals surface area contributed by atoms with Crippen LogP contribution < -0.4 is 15.4 Å². The van der Waals surface area contributed by atoms with Gasteiger partial charge >= 0.3 is 6.61 Å². The van der Waals surface area contributed by atoms with Crippen molar-refractivity contribution in [2.24, 2.45) is 4.99 Å². The van der Waals surface area contributed by atoms with Crippen molar-refractivity contribution < 1.29 is 22.6 Å². The van der Waals surface area contributed by atoms with Crippen LogP contribution in [0.1, 0.15) is 24.0 Å². The van der Waals surface area contributed by atoms with Gasteiger partial charge in [-0.15, -0.1) is 0 Å². The first-order valence-corrected chi connectivity index (χ1v) is 9.83. The Balaban J connectivity index is 1.67. The van der Waals surface area contributed by atoms with Gasteiger partial charge in [-0.2, -0.15) is 8.78 Å². The summed E-state index contributed by atoms with van der Waals surface area (Å²) in [7, 11) is 1.63. The number of benzene rings is 2. The van der Waals surface area contributed by atoms with Crippen molar-refractivity contribution in [1.29, 1.82) is 0 Å². The van der Waals surface area contributed by atoms with E-state index in [1.807, 2.05) is 6.07 Å². The van der Waals surface area contributed by atoms with Gasteiger partial charge in [0, 0.05) is 44.3 Å². The van der Waals surface area contributed by atoms with E-state index in [9.17, 15) is 13.2 Å². The molecule has 2 aromatic rings. The van der Waals surface area contributed by atoms with Crippen LogP contribution in [0.15, 0.2) is 53.5 Å². The minimum Gasteiger partial charge on any atom is -0.434 e. The van der Waals surface area contributed by atoms with Crippen LogP contribution in [0, 0.1) is 5.82 Å². The second-order valence-electron chi connectivity index (χ2n) is 7.17. The third kappa shape index (κ3) is 5.66. The molecule has 1 heterocycles. The molecule has 162 valence electrons. The van der Waals surface area contributed by atoms with Crippen LogP contribution in [-0.2, 0) is 16.7 Å². The molecule has 0 radical (unpaired) electrons. The molecule has 1 fully saturated rings. The van der Waals surface area contributed by atoms with Gasteiger partial charge < -0.3 is 20.1 Å². The lowest BCUT2D eigenvalue weighted by Gasteiger charge is -2.38. The van der Waals surface area contributed by atoms with Crippen molar-refractivity contribution in [3.8, 4) is 5.75 Å². The fourth-order valence-corrected chi connectivity index (χ4v) is 3.66. The molecule has 0 spiro atoms. The van der Waals surface area contributed by atoms with Crippen molar-refractivity contribution in [3.63, 3.8) is 0 Å². The smallest absolute Gasteiger partial charge is 0.387 e. The average Bonchev–Trinajstić information content (AvgIpc) is 2.75. The first-order valence-electron chi connectivity index (χ1n) is 9.83. The number of rotatable bonds is 7. The number of hydrogen-bond donors (Lipinski definition) is 2. The molecule has 2 N–H and O–H groups in total. The molecule has 1 aliphatic rings. The molecule has 0 aliphatic carbocycles. The zero-order valence-corrected chi connectivity index (χ0v) is 16.8. The highest BCUT2D eigenvalue weighted by atomic mass is 19.3. The summed E-state index contributed by atoms with van der Waals surface area (Å²) in [5.74, 6) is 0.372. The number of halogens is 3. The van der Waals surface area contributed by atoms with E-state index < -0.39 is 6.61 Å². The largest absolute Gasteiger partial charge is 0.434 e. The summed E-state index contributed by atoms with van der Waals surface area (Å²) in [5.41, 5.74) is 1.23. The maximum absolute atomic E-state index is 13.8. The number of ether oxygens (including phenoxy) is 2. The Labute approximate surface area is 174 Å². The normalized spacial score (nSPS) is 16.4. The van der Waals surface area contributed by atoms with Crippen molar-refractivity contribution in [3.05, 3.63) is 65.5 Å². The predicted molar refractivity (Wildman–Crippen MR) is 109 cm³/mol. The number of guanidine groups is 1. The molecule has 0 bridgehead atoms. The van der Waals surface area contributed by atoms with Crippen LogP contribution in [-0.4, -0.2) is 39.4 Å². The molecule has 0 unspecified atom stereocenters. The zero-order chi connectivity index (χ0) is 21.4. The molecule has 0 atom stereocenters. The maximum Gasteiger partial charge on any atom is 0.387 e. The molecule has 1 saturated heterocycles. The maximum atomic E-state index is 13.8. The summed E-state index contributed by atoms with van der Waals surface area (Å²) in [4.78, 5) is 4.22. The number of nitrogens with zero attached hydrogens (tertiary/aromatic N) is 1. The summed E-state index contributed by atoms with van der Waals surface area (Å²) in [5, 5.41) is 6.43. The summed E-state index contributed by atoms with van der Waals surface area (Å²) in [6.45, 7) is -0.887. The Morgan fingerprint density at radius 3 is 2.60 bits per heavy atom. The second-order valence-corrected chi connectivity index (χ2v) is 7.17. The highest BCUT2D eigenvalue weighted by Crippen LogP contribution is 2.34. The molecule has 0 saturated carbocycles. The Bertz CT molecular complexity index is 855. The van der Waals surface area contributed by atoms with Crippen LogP contribution >= 0.6 is 0 Å². The third-order valence-electron chi connectivity index (χ3n) is 5.34. The van der Waals surface area contributed by atoms with Crippen LogP contribution in [0.3, 0.4) is 0 Å². The Morgan fingerprint density at radius 2 is 1.90 bits per heavy atom. The zero-order valence-electron chi connectivity index (χ0n) is 16.8. The summed E-state index contributed by atoms with van der Waals surface area (Å²) in [6, 6.07) is 13.3. The molecule has 1 aliphatic heterocycles. The lowest BCUT2D eigenvalue weighted by Crippen LogP contribution is -2.48. The van der Waals surface area contributed by atoms with Gasteiger partial charge in [0.05, 0.1) is 0 Å². The summed E-state index contributed by atoms with van der Waals surface area (Å²) in [6.07, 6.45) is 1.51. The van der Waals surface area contributed by atoms with E-state index in [2.05, 4.69) is 20.4 Å². The fraction of sp³-hybridized carbons (Fsp3) is 0.409. The lowest BCUT2D eigenvalue weighted by molar-refractivity contribution is -0.0504. The van der Waals surface area contributed by atoms with Gasteiger partial charge in [-0.25, -0.2) is 4.39 Å². The quantitative estimate of drug-likeness (QED) is 0.527. The SMILES string of the molecule is CN=C(NCc1ccccc1OC(F)F)NCC1(c2cccc(F)c2)CCOCC1. The molecule has 8 heteroatoms. The van der Waals surface area contributed by atoms with Gasteiger partial charge in [-0.1, -0.05) is 30.3 Å². The van der Waals surface area contributed by atoms with Crippen molar-refractivity contribution in [2.75, 3.05) is 26.8 Å². The van der Waals surface area contributed by atoms with Crippen molar-refractivity contribution in [1.82, 2.24) is 10.6 Å². The van der Waals surface area contributed by atoms with Gasteiger partial charge in [-0.3, -0.25) is 4.99 Å². The van der Waals surface area contributed by atoms with E-state index in [0.717, 1.165) is 18.4 Å². The van der Waals surface area contributed by atoms with E-state index in [1.165, 1.54) is 12.1 Å². The fourth-order valence-electron chi connectivity index (χ4n) is 3.66. The number of nitrogens with one attached hydrogen (secondary N) is 2. The van der Waals surface area contributed by atoms with Crippen LogP contribution in [0.4, 0.5) is 13.2 Å². The lowest BCUT2D eigenvalue weighted by atomic mass is 9.74. The summed E-state index contributed by atoms with van der Waals surface area (Å²) < 4.78 is 49.1. The molecule has 30 heavy (non-hydrogen) atoms. The van der Waals surface area contributed by atoms with Gasteiger partial charge in [0.2, 0.25) is 0 Å². The number of hydrogen-bond acceptors (Lipinski definition) is 3. The van der Waals surface area contributed by atoms with E-state index in [4.69, 9.17) is 4.74 Å². The predicted octanol–water partition coefficient (Wildman–Crippen LogP) is 3.84. The molecule has 5 nitrogen and oxygen atoms in total. The Morgan fingerprint density at radius 1 is 1.13 bits per heavy atom. The third-order valence-corrected chi connectivity index (χ3v) is 5.34. The van der Waals surface area contributed by atoms with E-state index in [-0.39, 0.29) is 23.5 Å². The van der Waals surface area contributed by atoms with Gasteiger partial charge in [0.25, 0.3) is 0 Å². The molecular formula is C22H26F3N3O2. The van der Waals surface area contributed by atoms with Crippen LogP contribution in [0.2, 0.25) is 0 Å². The molecule has 0 aromatic heterocycles. The standard InChI is InChI=1S/C22H26F3N3O2/c1-26-21(27-14-16-5-2-3-8-19(16)30-20(24)25)28-15-22(9-11-29-12-10-22)17-6-4-7-18(23)13-17/h2-8,13,20H,9-12,14-15H2,1H3,(H2,26,27,28). The first kappa shape index (κ1) is 22.0. The van der Waals surface area contributed by atoms with Gasteiger partial charge in [-0.05, 0) is 36.6 Å². The van der Waals surface area contributed by atoms with Gasteiger partial charge in [0.15, 0.2) is 5.96 Å². The van der Waals surface area contributed by atoms with E-state index in [1.54, 1.807) is 37.4 Å². The Kier molecular flexibility index (Phi) is 7.57. The van der Waals surface area contributed by atoms with Crippen molar-refractivity contribution in [2.45, 2.75) is 31.4 Å². The molecule has 3 rings (SSSR count).